The Morgan fingerprint density at radius 3 is 2.53 bits per heavy atom. The van der Waals surface area contributed by atoms with E-state index in [1.54, 1.807) is 21.8 Å². The topological polar surface area (TPSA) is 115 Å². The van der Waals surface area contributed by atoms with E-state index in [0.717, 1.165) is 17.0 Å². The molecule has 1 atom stereocenters. The minimum Gasteiger partial charge on any atom is -0.491 e. The summed E-state index contributed by atoms with van der Waals surface area (Å²) < 4.78 is 41.1. The lowest BCUT2D eigenvalue weighted by molar-refractivity contribution is -0.192. The fourth-order valence-corrected chi connectivity index (χ4v) is 3.42. The molecule has 1 aliphatic rings. The molecule has 0 saturated heterocycles. The Balaban J connectivity index is 0.000000406. The number of ether oxygens (including phenoxy) is 1. The van der Waals surface area contributed by atoms with E-state index in [1.807, 2.05) is 49.6 Å². The quantitative estimate of drug-likeness (QED) is 0.593. The second-order valence-corrected chi connectivity index (χ2v) is 7.64. The number of fused-ring (bicyclic) bond motifs is 1. The van der Waals surface area contributed by atoms with Crippen molar-refractivity contribution in [3.05, 3.63) is 59.9 Å². The van der Waals surface area contributed by atoms with Crippen molar-refractivity contribution in [2.24, 2.45) is 14.1 Å². The van der Waals surface area contributed by atoms with E-state index in [4.69, 9.17) is 14.6 Å². The number of amides is 1. The number of hydrogen-bond donors (Lipinski definition) is 1. The molecule has 0 fully saturated rings. The maximum Gasteiger partial charge on any atom is 0.490 e. The van der Waals surface area contributed by atoms with Gasteiger partial charge in [0.1, 0.15) is 5.75 Å². The third-order valence-electron chi connectivity index (χ3n) is 4.91. The molecular weight excluding hydrogens is 457 g/mol. The van der Waals surface area contributed by atoms with Gasteiger partial charge in [0.2, 0.25) is 5.91 Å². The molecule has 0 aromatic carbocycles. The van der Waals surface area contributed by atoms with E-state index >= 15 is 0 Å². The van der Waals surface area contributed by atoms with Crippen molar-refractivity contribution in [1.82, 2.24) is 29.4 Å². The van der Waals surface area contributed by atoms with Crippen molar-refractivity contribution < 1.29 is 32.6 Å². The van der Waals surface area contributed by atoms with Crippen LogP contribution in [-0.2, 0) is 36.6 Å². The Morgan fingerprint density at radius 2 is 1.94 bits per heavy atom. The average molecular weight is 480 g/mol. The fourth-order valence-electron chi connectivity index (χ4n) is 3.42. The number of nitrogens with zero attached hydrogens (tertiary/aromatic N) is 6. The Bertz CT molecular complexity index is 1130. The average Bonchev–Trinajstić information content (AvgIpc) is 3.36. The number of rotatable bonds is 5. The van der Waals surface area contributed by atoms with Crippen LogP contribution in [0.5, 0.6) is 5.75 Å². The molecule has 1 aliphatic heterocycles. The number of hydrogen-bond acceptors (Lipinski definition) is 6. The number of carboxylic acids is 1. The van der Waals surface area contributed by atoms with E-state index in [-0.39, 0.29) is 11.8 Å². The van der Waals surface area contributed by atoms with Crippen molar-refractivity contribution in [2.45, 2.75) is 25.1 Å². The monoisotopic (exact) mass is 480 g/mol. The van der Waals surface area contributed by atoms with Gasteiger partial charge in [-0.15, -0.1) is 0 Å². The molecule has 1 N–H and O–H groups in total. The number of carbonyl (C=O) groups excluding carboxylic acids is 1. The summed E-state index contributed by atoms with van der Waals surface area (Å²) >= 11 is 0. The van der Waals surface area contributed by atoms with Crippen LogP contribution >= 0.6 is 0 Å². The first kappa shape index (κ1) is 24.7. The third-order valence-corrected chi connectivity index (χ3v) is 4.91. The van der Waals surface area contributed by atoms with Crippen molar-refractivity contribution >= 4 is 11.9 Å². The van der Waals surface area contributed by atoms with Gasteiger partial charge in [0.25, 0.3) is 0 Å². The van der Waals surface area contributed by atoms with Crippen molar-refractivity contribution in [3.8, 4) is 5.75 Å². The standard InChI is InChI=1S/C19H22N6O2.C2HF3O2/c1-23-7-5-16(21-23)8-18(26)25-11-14-10-24(2)22-19(14)15(12-25)13-27-17-4-3-6-20-9-17;3-2(4,5)1(6)7/h3-7,9-10,15H,8,11-13H2,1-2H3;(H,6,7). The molecule has 34 heavy (non-hydrogen) atoms. The van der Waals surface area contributed by atoms with Crippen LogP contribution in [0, 0.1) is 0 Å². The van der Waals surface area contributed by atoms with Crippen LogP contribution in [0.4, 0.5) is 13.2 Å². The number of carboxylic acid groups (broad SMARTS) is 1. The first-order valence-corrected chi connectivity index (χ1v) is 10.1. The number of aromatic nitrogens is 5. The fraction of sp³-hybridized carbons (Fsp3) is 0.381. The molecule has 13 heteroatoms. The van der Waals surface area contributed by atoms with Crippen LogP contribution in [0.15, 0.2) is 43.0 Å². The van der Waals surface area contributed by atoms with Crippen LogP contribution in [0.3, 0.4) is 0 Å². The first-order chi connectivity index (χ1) is 16.0. The lowest BCUT2D eigenvalue weighted by Gasteiger charge is -2.31. The summed E-state index contributed by atoms with van der Waals surface area (Å²) in [4.78, 5) is 27.6. The second-order valence-electron chi connectivity index (χ2n) is 7.64. The minimum atomic E-state index is -5.08. The van der Waals surface area contributed by atoms with Gasteiger partial charge in [-0.3, -0.25) is 19.1 Å². The van der Waals surface area contributed by atoms with Gasteiger partial charge in [0.05, 0.1) is 36.5 Å². The smallest absolute Gasteiger partial charge is 0.490 e. The second kappa shape index (κ2) is 10.4. The Morgan fingerprint density at radius 1 is 1.21 bits per heavy atom. The molecule has 10 nitrogen and oxygen atoms in total. The molecule has 1 unspecified atom stereocenters. The lowest BCUT2D eigenvalue weighted by Crippen LogP contribution is -2.40. The molecule has 182 valence electrons. The molecule has 0 spiro atoms. The molecule has 0 aliphatic carbocycles. The normalized spacial score (nSPS) is 15.2. The predicted molar refractivity (Wildman–Crippen MR) is 112 cm³/mol. The summed E-state index contributed by atoms with van der Waals surface area (Å²) in [5, 5.41) is 16.0. The Kier molecular flexibility index (Phi) is 7.54. The number of aryl methyl sites for hydroxylation is 2. The van der Waals surface area contributed by atoms with Crippen LogP contribution < -0.4 is 4.74 Å². The molecule has 1 amide bonds. The van der Waals surface area contributed by atoms with Gasteiger partial charge in [-0.05, 0) is 18.2 Å². The van der Waals surface area contributed by atoms with E-state index < -0.39 is 12.1 Å². The summed E-state index contributed by atoms with van der Waals surface area (Å²) in [7, 11) is 3.75. The molecule has 0 bridgehead atoms. The molecule has 0 radical (unpaired) electrons. The highest BCUT2D eigenvalue weighted by Crippen LogP contribution is 2.28. The van der Waals surface area contributed by atoms with Crippen LogP contribution in [0.1, 0.15) is 22.9 Å². The molecule has 4 heterocycles. The SMILES string of the molecule is Cn1ccc(CC(=O)N2Cc3cn(C)nc3C(COc3cccnc3)C2)n1.O=C(O)C(F)(F)F. The zero-order chi connectivity index (χ0) is 24.9. The predicted octanol–water partition coefficient (Wildman–Crippen LogP) is 1.93. The number of alkyl halides is 3. The molecule has 3 aromatic rings. The van der Waals surface area contributed by atoms with Gasteiger partial charge >= 0.3 is 12.1 Å². The zero-order valence-electron chi connectivity index (χ0n) is 18.4. The van der Waals surface area contributed by atoms with Gasteiger partial charge in [-0.1, -0.05) is 0 Å². The van der Waals surface area contributed by atoms with Gasteiger partial charge in [0.15, 0.2) is 0 Å². The number of halogens is 3. The van der Waals surface area contributed by atoms with Gasteiger partial charge in [0, 0.05) is 51.3 Å². The zero-order valence-corrected chi connectivity index (χ0v) is 18.4. The van der Waals surface area contributed by atoms with E-state index in [2.05, 4.69) is 15.2 Å². The highest BCUT2D eigenvalue weighted by molar-refractivity contribution is 5.78. The molecule has 4 rings (SSSR count). The maximum atomic E-state index is 12.8. The summed E-state index contributed by atoms with van der Waals surface area (Å²) in [5.74, 6) is -1.96. The van der Waals surface area contributed by atoms with E-state index in [9.17, 15) is 18.0 Å². The van der Waals surface area contributed by atoms with E-state index in [1.165, 1.54) is 0 Å². The van der Waals surface area contributed by atoms with Crippen molar-refractivity contribution in [3.63, 3.8) is 0 Å². The molecule has 3 aromatic heterocycles. The Hall–Kier alpha value is -3.90. The lowest BCUT2D eigenvalue weighted by atomic mass is 9.97. The maximum absolute atomic E-state index is 12.8. The molecule has 0 saturated carbocycles. The highest BCUT2D eigenvalue weighted by atomic mass is 19.4. The highest BCUT2D eigenvalue weighted by Gasteiger charge is 2.38. The largest absolute Gasteiger partial charge is 0.491 e. The van der Waals surface area contributed by atoms with Crippen molar-refractivity contribution in [2.75, 3.05) is 13.2 Å². The summed E-state index contributed by atoms with van der Waals surface area (Å²) in [6, 6.07) is 5.59. The number of carbonyl (C=O) groups is 2. The summed E-state index contributed by atoms with van der Waals surface area (Å²) in [6.07, 6.45) is 2.44. The molecular formula is C21H23F3N6O4. The van der Waals surface area contributed by atoms with E-state index in [0.29, 0.717) is 31.9 Å². The summed E-state index contributed by atoms with van der Waals surface area (Å²) in [6.45, 7) is 1.59. The number of pyridine rings is 1. The van der Waals surface area contributed by atoms with Crippen LogP contribution in [-0.4, -0.2) is 65.8 Å². The van der Waals surface area contributed by atoms with Crippen LogP contribution in [0.2, 0.25) is 0 Å². The van der Waals surface area contributed by atoms with Crippen LogP contribution in [0.25, 0.3) is 0 Å². The third kappa shape index (κ3) is 6.56. The minimum absolute atomic E-state index is 0.0165. The Labute approximate surface area is 192 Å². The van der Waals surface area contributed by atoms with Crippen molar-refractivity contribution in [1.29, 1.82) is 0 Å². The first-order valence-electron chi connectivity index (χ1n) is 10.1. The summed E-state index contributed by atoms with van der Waals surface area (Å²) in [5.41, 5.74) is 2.85. The number of aliphatic carboxylic acids is 1. The van der Waals surface area contributed by atoms with Gasteiger partial charge in [-0.25, -0.2) is 4.79 Å². The van der Waals surface area contributed by atoms with Gasteiger partial charge < -0.3 is 14.7 Å². The van der Waals surface area contributed by atoms with Gasteiger partial charge in [-0.2, -0.15) is 23.4 Å².